The molecule has 0 unspecified atom stereocenters. The molecule has 0 aliphatic carbocycles. The number of hydrazine groups is 1. The van der Waals surface area contributed by atoms with E-state index in [1.165, 1.54) is 5.56 Å². The van der Waals surface area contributed by atoms with Crippen LogP contribution >= 0.6 is 0 Å². The Morgan fingerprint density at radius 2 is 2.03 bits per heavy atom. The van der Waals surface area contributed by atoms with Gasteiger partial charge in [-0.1, -0.05) is 30.3 Å². The number of rotatable bonds is 4. The van der Waals surface area contributed by atoms with Gasteiger partial charge >= 0.3 is 0 Å². The van der Waals surface area contributed by atoms with Crippen molar-refractivity contribution in [1.29, 1.82) is 0 Å². The quantitative estimate of drug-likeness (QED) is 0.835. The van der Waals surface area contributed by atoms with E-state index in [4.69, 9.17) is 4.98 Å². The summed E-state index contributed by atoms with van der Waals surface area (Å²) in [5.74, 6) is 1.75. The van der Waals surface area contributed by atoms with Crippen molar-refractivity contribution in [2.45, 2.75) is 13.3 Å². The van der Waals surface area contributed by atoms with Crippen molar-refractivity contribution < 1.29 is 0 Å². The summed E-state index contributed by atoms with van der Waals surface area (Å²) in [5.41, 5.74) is 8.56. The standard InChI is InChI=1S/C23H28N6/c1-17-7-5-8-19(15-17)21-9-10-22-23(26-21)29(13-6-12-27(22)3)18(2)25-20-11-14-28(4)24-16-20/h5,7-11,14-16,24-25H,2,6,12-13H2,1,3-4H3. The first kappa shape index (κ1) is 18.9. The Kier molecular flexibility index (Phi) is 5.16. The van der Waals surface area contributed by atoms with Crippen LogP contribution in [-0.4, -0.2) is 37.2 Å². The smallest absolute Gasteiger partial charge is 0.158 e. The third kappa shape index (κ3) is 4.06. The summed E-state index contributed by atoms with van der Waals surface area (Å²) in [4.78, 5) is 9.52. The summed E-state index contributed by atoms with van der Waals surface area (Å²) in [7, 11) is 4.08. The van der Waals surface area contributed by atoms with E-state index in [0.717, 1.165) is 53.8 Å². The highest BCUT2D eigenvalue weighted by atomic mass is 15.5. The van der Waals surface area contributed by atoms with Crippen LogP contribution in [0.4, 0.5) is 11.5 Å². The molecule has 3 heterocycles. The number of allylic oxidation sites excluding steroid dienone is 1. The van der Waals surface area contributed by atoms with Crippen LogP contribution in [-0.2, 0) is 0 Å². The predicted molar refractivity (Wildman–Crippen MR) is 120 cm³/mol. The van der Waals surface area contributed by atoms with Crippen molar-refractivity contribution in [2.24, 2.45) is 0 Å². The lowest BCUT2D eigenvalue weighted by atomic mass is 10.1. The van der Waals surface area contributed by atoms with Crippen LogP contribution in [0.2, 0.25) is 0 Å². The molecule has 2 N–H and O–H groups in total. The van der Waals surface area contributed by atoms with Gasteiger partial charge in [0, 0.05) is 45.1 Å². The second-order valence-electron chi connectivity index (χ2n) is 7.56. The molecule has 0 atom stereocenters. The predicted octanol–water partition coefficient (Wildman–Crippen LogP) is 3.57. The van der Waals surface area contributed by atoms with Crippen molar-refractivity contribution in [1.82, 2.24) is 20.7 Å². The minimum atomic E-state index is 0.817. The monoisotopic (exact) mass is 388 g/mol. The second-order valence-corrected chi connectivity index (χ2v) is 7.56. The molecule has 0 fully saturated rings. The van der Waals surface area contributed by atoms with Crippen molar-refractivity contribution in [3.05, 3.63) is 78.5 Å². The molecule has 1 aromatic heterocycles. The Morgan fingerprint density at radius 1 is 1.17 bits per heavy atom. The van der Waals surface area contributed by atoms with Crippen LogP contribution in [0.15, 0.2) is 73.0 Å². The highest BCUT2D eigenvalue weighted by Crippen LogP contribution is 2.34. The molecular formula is C23H28N6. The molecule has 2 aliphatic heterocycles. The summed E-state index contributed by atoms with van der Waals surface area (Å²) in [6, 6.07) is 12.7. The van der Waals surface area contributed by atoms with Crippen molar-refractivity contribution in [3.8, 4) is 11.3 Å². The van der Waals surface area contributed by atoms with E-state index in [1.54, 1.807) is 0 Å². The minimum absolute atomic E-state index is 0.817. The van der Waals surface area contributed by atoms with Crippen LogP contribution in [0.5, 0.6) is 0 Å². The molecule has 0 amide bonds. The normalized spacial score (nSPS) is 16.0. The molecule has 6 nitrogen and oxygen atoms in total. The Bertz CT molecular complexity index is 977. The average molecular weight is 389 g/mol. The van der Waals surface area contributed by atoms with E-state index < -0.39 is 0 Å². The Hall–Kier alpha value is -3.41. The fraction of sp³-hybridized carbons (Fsp3) is 0.261. The molecule has 6 heteroatoms. The number of hydrogen-bond acceptors (Lipinski definition) is 6. The van der Waals surface area contributed by atoms with Crippen LogP contribution < -0.4 is 20.5 Å². The Balaban J connectivity index is 1.67. The lowest BCUT2D eigenvalue weighted by molar-refractivity contribution is 0.378. The molecule has 0 spiro atoms. The molecule has 0 saturated carbocycles. The molecule has 150 valence electrons. The molecular weight excluding hydrogens is 360 g/mol. The third-order valence-corrected chi connectivity index (χ3v) is 5.23. The number of pyridine rings is 1. The van der Waals surface area contributed by atoms with E-state index in [0.29, 0.717) is 0 Å². The van der Waals surface area contributed by atoms with Crippen LogP contribution in [0, 0.1) is 6.92 Å². The van der Waals surface area contributed by atoms with Gasteiger partial charge < -0.3 is 20.5 Å². The molecule has 0 saturated heterocycles. The summed E-state index contributed by atoms with van der Waals surface area (Å²) < 4.78 is 0. The van der Waals surface area contributed by atoms with Gasteiger partial charge in [-0.25, -0.2) is 4.98 Å². The van der Waals surface area contributed by atoms with Crippen molar-refractivity contribution in [3.63, 3.8) is 0 Å². The van der Waals surface area contributed by atoms with Crippen molar-refractivity contribution in [2.75, 3.05) is 37.0 Å². The van der Waals surface area contributed by atoms with Crippen LogP contribution in [0.3, 0.4) is 0 Å². The van der Waals surface area contributed by atoms with E-state index in [2.05, 4.69) is 77.5 Å². The number of aromatic nitrogens is 1. The number of anilines is 2. The summed E-state index contributed by atoms with van der Waals surface area (Å²) in [6.45, 7) is 8.26. The Morgan fingerprint density at radius 3 is 2.79 bits per heavy atom. The van der Waals surface area contributed by atoms with Gasteiger partial charge in [-0.3, -0.25) is 5.01 Å². The lowest BCUT2D eigenvalue weighted by Crippen LogP contribution is -2.34. The minimum Gasteiger partial charge on any atom is -0.372 e. The highest BCUT2D eigenvalue weighted by molar-refractivity contribution is 5.74. The molecule has 2 aromatic rings. The van der Waals surface area contributed by atoms with E-state index >= 15 is 0 Å². The fourth-order valence-electron chi connectivity index (χ4n) is 3.62. The maximum Gasteiger partial charge on any atom is 0.158 e. The SMILES string of the molecule is C=C(NC1=CNN(C)C=C1)N1CCCN(C)c2ccc(-c3cccc(C)c3)nc21. The van der Waals surface area contributed by atoms with Gasteiger partial charge in [0.25, 0.3) is 0 Å². The summed E-state index contributed by atoms with van der Waals surface area (Å²) in [5, 5.41) is 5.31. The number of hydrogen-bond donors (Lipinski definition) is 2. The van der Waals surface area contributed by atoms with E-state index in [9.17, 15) is 0 Å². The number of aryl methyl sites for hydroxylation is 1. The van der Waals surface area contributed by atoms with Crippen molar-refractivity contribution >= 4 is 11.5 Å². The number of fused-ring (bicyclic) bond motifs is 1. The maximum absolute atomic E-state index is 5.06. The van der Waals surface area contributed by atoms with Gasteiger partial charge in [0.1, 0.15) is 5.82 Å². The van der Waals surface area contributed by atoms with E-state index in [1.807, 2.05) is 30.5 Å². The first-order valence-electron chi connectivity index (χ1n) is 9.91. The molecule has 4 rings (SSSR count). The van der Waals surface area contributed by atoms with Crippen LogP contribution in [0.25, 0.3) is 11.3 Å². The van der Waals surface area contributed by atoms with Gasteiger partial charge in [-0.05, 0) is 37.6 Å². The largest absolute Gasteiger partial charge is 0.372 e. The zero-order valence-corrected chi connectivity index (χ0v) is 17.3. The number of nitrogens with one attached hydrogen (secondary N) is 2. The van der Waals surface area contributed by atoms with Gasteiger partial charge in [-0.2, -0.15) is 0 Å². The summed E-state index contributed by atoms with van der Waals surface area (Å²) >= 11 is 0. The van der Waals surface area contributed by atoms with Gasteiger partial charge in [0.2, 0.25) is 0 Å². The fourth-order valence-corrected chi connectivity index (χ4v) is 3.62. The molecule has 0 bridgehead atoms. The van der Waals surface area contributed by atoms with Crippen LogP contribution in [0.1, 0.15) is 12.0 Å². The molecule has 1 aromatic carbocycles. The van der Waals surface area contributed by atoms with E-state index in [-0.39, 0.29) is 0 Å². The zero-order valence-electron chi connectivity index (χ0n) is 17.3. The highest BCUT2D eigenvalue weighted by Gasteiger charge is 2.23. The second kappa shape index (κ2) is 7.91. The topological polar surface area (TPSA) is 46.7 Å². The lowest BCUT2D eigenvalue weighted by Gasteiger charge is -2.29. The Labute approximate surface area is 172 Å². The first-order valence-corrected chi connectivity index (χ1v) is 9.91. The number of benzene rings is 1. The maximum atomic E-state index is 5.06. The van der Waals surface area contributed by atoms with Gasteiger partial charge in [0.15, 0.2) is 5.82 Å². The zero-order chi connectivity index (χ0) is 20.4. The first-order chi connectivity index (χ1) is 14.0. The molecule has 2 aliphatic rings. The summed E-state index contributed by atoms with van der Waals surface area (Å²) in [6.07, 6.45) is 6.94. The molecule has 0 radical (unpaired) electrons. The number of nitrogens with zero attached hydrogens (tertiary/aromatic N) is 4. The molecule has 29 heavy (non-hydrogen) atoms. The van der Waals surface area contributed by atoms with Gasteiger partial charge in [-0.15, -0.1) is 0 Å². The average Bonchev–Trinajstić information content (AvgIpc) is 2.88. The third-order valence-electron chi connectivity index (χ3n) is 5.23. The van der Waals surface area contributed by atoms with Gasteiger partial charge in [0.05, 0.1) is 17.1 Å².